The lowest BCUT2D eigenvalue weighted by Crippen LogP contribution is -2.00. The van der Waals surface area contributed by atoms with Gasteiger partial charge in [0, 0.05) is 5.56 Å². The molecule has 3 nitrogen and oxygen atoms in total. The molecule has 0 saturated heterocycles. The van der Waals surface area contributed by atoms with Crippen molar-refractivity contribution >= 4 is 11.6 Å². The highest BCUT2D eigenvalue weighted by Crippen LogP contribution is 2.40. The van der Waals surface area contributed by atoms with Crippen molar-refractivity contribution in [3.63, 3.8) is 0 Å². The van der Waals surface area contributed by atoms with Gasteiger partial charge in [0.15, 0.2) is 0 Å². The summed E-state index contributed by atoms with van der Waals surface area (Å²) < 4.78 is 0. The van der Waals surface area contributed by atoms with Gasteiger partial charge in [-0.2, -0.15) is 0 Å². The molecule has 23 heavy (non-hydrogen) atoms. The van der Waals surface area contributed by atoms with Crippen LogP contribution in [0.1, 0.15) is 50.3 Å². The number of aliphatic hydroxyl groups excluding tert-OH is 1. The van der Waals surface area contributed by atoms with Gasteiger partial charge in [-0.3, -0.25) is 0 Å². The van der Waals surface area contributed by atoms with Gasteiger partial charge in [0.25, 0.3) is 0 Å². The average molecular weight is 339 g/mol. The van der Waals surface area contributed by atoms with Crippen molar-refractivity contribution in [2.75, 3.05) is 0 Å². The Labute approximate surface area is 143 Å². The van der Waals surface area contributed by atoms with E-state index in [0.717, 1.165) is 24.0 Å². The quantitative estimate of drug-likeness (QED) is 0.642. The van der Waals surface area contributed by atoms with Crippen LogP contribution in [-0.2, 0) is 6.42 Å². The number of hydrogen-bond donors (Lipinski definition) is 3. The van der Waals surface area contributed by atoms with Crippen molar-refractivity contribution in [2.24, 2.45) is 0 Å². The van der Waals surface area contributed by atoms with Gasteiger partial charge in [0.1, 0.15) is 11.5 Å². The number of phenols is 2. The maximum absolute atomic E-state index is 10.2. The van der Waals surface area contributed by atoms with Crippen LogP contribution < -0.4 is 0 Å². The predicted molar refractivity (Wildman–Crippen MR) is 96.4 cm³/mol. The minimum absolute atomic E-state index is 0.0406. The highest BCUT2D eigenvalue weighted by molar-refractivity contribution is 6.33. The molecule has 0 aliphatic rings. The fourth-order valence-corrected chi connectivity index (χ4v) is 2.52. The Morgan fingerprint density at radius 2 is 1.70 bits per heavy atom. The van der Waals surface area contributed by atoms with Gasteiger partial charge in [-0.1, -0.05) is 29.3 Å². The fourth-order valence-electron chi connectivity index (χ4n) is 2.26. The van der Waals surface area contributed by atoms with Crippen LogP contribution in [0, 0.1) is 13.8 Å². The number of hydrogen-bond acceptors (Lipinski definition) is 3. The Kier molecular flexibility index (Phi) is 7.17. The van der Waals surface area contributed by atoms with Crippen molar-refractivity contribution < 1.29 is 15.3 Å². The molecule has 1 aromatic rings. The first-order chi connectivity index (χ1) is 10.7. The van der Waals surface area contributed by atoms with Crippen LogP contribution in [0.5, 0.6) is 11.5 Å². The summed E-state index contributed by atoms with van der Waals surface area (Å²) in [7, 11) is 0. The summed E-state index contributed by atoms with van der Waals surface area (Å²) >= 11 is 6.11. The molecule has 0 radical (unpaired) electrons. The molecule has 0 aliphatic carbocycles. The zero-order valence-corrected chi connectivity index (χ0v) is 15.3. The smallest absolute Gasteiger partial charge is 0.141 e. The third-order valence-corrected chi connectivity index (χ3v) is 4.81. The largest absolute Gasteiger partial charge is 0.507 e. The molecule has 0 spiro atoms. The summed E-state index contributed by atoms with van der Waals surface area (Å²) in [6.07, 6.45) is 5.76. The third-order valence-electron chi connectivity index (χ3n) is 4.35. The summed E-state index contributed by atoms with van der Waals surface area (Å²) in [4.78, 5) is 0. The van der Waals surface area contributed by atoms with Gasteiger partial charge >= 0.3 is 0 Å². The van der Waals surface area contributed by atoms with E-state index in [1.165, 1.54) is 0 Å². The maximum atomic E-state index is 10.2. The number of aromatic hydroxyl groups is 2. The van der Waals surface area contributed by atoms with Crippen LogP contribution >= 0.6 is 11.6 Å². The number of rotatable bonds is 6. The minimum atomic E-state index is -0.411. The molecule has 0 aliphatic heterocycles. The molecular formula is C19H27ClO3. The number of aliphatic hydroxyl groups is 1. The summed E-state index contributed by atoms with van der Waals surface area (Å²) in [5.41, 5.74) is 3.99. The standard InChI is InChI=1S/C19H27ClO3/c1-11(7-6-8-12(2)15(5)21)9-10-16-18(22)14(4)13(3)17(20)19(16)23/h8-9,15,21-23H,6-7,10H2,1-5H3/b11-9+,12-8+. The summed E-state index contributed by atoms with van der Waals surface area (Å²) in [5.74, 6) is 0.0689. The molecule has 0 aromatic heterocycles. The van der Waals surface area contributed by atoms with E-state index in [-0.39, 0.29) is 11.5 Å². The molecule has 4 heteroatoms. The Morgan fingerprint density at radius 1 is 1.09 bits per heavy atom. The highest BCUT2D eigenvalue weighted by atomic mass is 35.5. The lowest BCUT2D eigenvalue weighted by atomic mass is 9.99. The normalized spacial score (nSPS) is 14.2. The zero-order valence-electron chi connectivity index (χ0n) is 14.6. The SMILES string of the molecule is C/C(=C\Cc1c(O)c(C)c(C)c(Cl)c1O)CC/C=C(\C)C(C)O. The monoisotopic (exact) mass is 338 g/mol. The number of benzene rings is 1. The number of allylic oxidation sites excluding steroid dienone is 3. The van der Waals surface area contributed by atoms with Crippen molar-refractivity contribution in [1.29, 1.82) is 0 Å². The molecule has 128 valence electrons. The highest BCUT2D eigenvalue weighted by Gasteiger charge is 2.17. The Morgan fingerprint density at radius 3 is 2.26 bits per heavy atom. The van der Waals surface area contributed by atoms with Crippen molar-refractivity contribution in [3.8, 4) is 11.5 Å². The van der Waals surface area contributed by atoms with E-state index in [4.69, 9.17) is 11.6 Å². The lowest BCUT2D eigenvalue weighted by Gasteiger charge is -2.13. The van der Waals surface area contributed by atoms with Crippen molar-refractivity contribution in [2.45, 2.75) is 60.0 Å². The van der Waals surface area contributed by atoms with E-state index in [1.807, 2.05) is 26.0 Å². The van der Waals surface area contributed by atoms with Crippen LogP contribution in [0.3, 0.4) is 0 Å². The second-order valence-corrected chi connectivity index (χ2v) is 6.54. The summed E-state index contributed by atoms with van der Waals surface area (Å²) in [5, 5.41) is 30.1. The number of phenolic OH excluding ortho intramolecular Hbond substituents is 2. The van der Waals surface area contributed by atoms with Crippen molar-refractivity contribution in [1.82, 2.24) is 0 Å². The van der Waals surface area contributed by atoms with Crippen LogP contribution in [0.4, 0.5) is 0 Å². The predicted octanol–water partition coefficient (Wildman–Crippen LogP) is 4.96. The lowest BCUT2D eigenvalue weighted by molar-refractivity contribution is 0.231. The summed E-state index contributed by atoms with van der Waals surface area (Å²) in [6, 6.07) is 0. The van der Waals surface area contributed by atoms with Crippen LogP contribution in [0.2, 0.25) is 5.02 Å². The second kappa shape index (κ2) is 8.42. The van der Waals surface area contributed by atoms with Crippen molar-refractivity contribution in [3.05, 3.63) is 45.0 Å². The topological polar surface area (TPSA) is 60.7 Å². The molecular weight excluding hydrogens is 312 g/mol. The van der Waals surface area contributed by atoms with Crippen LogP contribution in [0.25, 0.3) is 0 Å². The van der Waals surface area contributed by atoms with Crippen LogP contribution in [-0.4, -0.2) is 21.4 Å². The average Bonchev–Trinajstić information content (AvgIpc) is 2.50. The molecule has 3 N–H and O–H groups in total. The Bertz CT molecular complexity index is 599. The molecule has 0 heterocycles. The van der Waals surface area contributed by atoms with E-state index < -0.39 is 6.10 Å². The first-order valence-corrected chi connectivity index (χ1v) is 8.24. The fraction of sp³-hybridized carbons (Fsp3) is 0.474. The van der Waals surface area contributed by atoms with E-state index >= 15 is 0 Å². The molecule has 0 amide bonds. The maximum Gasteiger partial charge on any atom is 0.141 e. The Hall–Kier alpha value is -1.45. The van der Waals surface area contributed by atoms with E-state index in [0.29, 0.717) is 28.1 Å². The van der Waals surface area contributed by atoms with Crippen LogP contribution in [0.15, 0.2) is 23.3 Å². The van der Waals surface area contributed by atoms with Gasteiger partial charge in [-0.25, -0.2) is 0 Å². The Balaban J connectivity index is 2.83. The van der Waals surface area contributed by atoms with E-state index in [2.05, 4.69) is 0 Å². The van der Waals surface area contributed by atoms with Gasteiger partial charge in [0.2, 0.25) is 0 Å². The summed E-state index contributed by atoms with van der Waals surface area (Å²) in [6.45, 7) is 9.25. The third kappa shape index (κ3) is 5.02. The van der Waals surface area contributed by atoms with Gasteiger partial charge < -0.3 is 15.3 Å². The molecule has 1 rings (SSSR count). The van der Waals surface area contributed by atoms with Gasteiger partial charge in [-0.15, -0.1) is 0 Å². The van der Waals surface area contributed by atoms with E-state index in [9.17, 15) is 15.3 Å². The zero-order chi connectivity index (χ0) is 17.7. The molecule has 0 fully saturated rings. The minimum Gasteiger partial charge on any atom is -0.507 e. The first kappa shape index (κ1) is 19.6. The van der Waals surface area contributed by atoms with Gasteiger partial charge in [0.05, 0.1) is 11.1 Å². The number of halogens is 1. The molecule has 1 aromatic carbocycles. The second-order valence-electron chi connectivity index (χ2n) is 6.16. The van der Waals surface area contributed by atoms with Gasteiger partial charge in [-0.05, 0) is 70.6 Å². The molecule has 1 atom stereocenters. The molecule has 1 unspecified atom stereocenters. The van der Waals surface area contributed by atoms with E-state index in [1.54, 1.807) is 20.8 Å². The molecule has 0 saturated carbocycles. The molecule has 0 bridgehead atoms. The first-order valence-electron chi connectivity index (χ1n) is 7.86.